The molecule has 0 radical (unpaired) electrons. The van der Waals surface area contributed by atoms with Crippen LogP contribution in [0.5, 0.6) is 0 Å². The summed E-state index contributed by atoms with van der Waals surface area (Å²) in [6.07, 6.45) is 2.25. The minimum absolute atomic E-state index is 0.134. The van der Waals surface area contributed by atoms with Gasteiger partial charge in [0, 0.05) is 15.6 Å². The monoisotopic (exact) mass is 460 g/mol. The molecule has 0 amide bonds. The third-order valence-corrected chi connectivity index (χ3v) is 13.1. The highest BCUT2D eigenvalue weighted by Crippen LogP contribution is 2.44. The smallest absolute Gasteiger partial charge is 0.200 e. The Balaban J connectivity index is 3.24. The second-order valence-corrected chi connectivity index (χ2v) is 14.7. The Hall–Kier alpha value is 0.127. The maximum atomic E-state index is 7.01. The van der Waals surface area contributed by atoms with Crippen molar-refractivity contribution in [3.05, 3.63) is 33.4 Å². The Morgan fingerprint density at radius 1 is 0.917 bits per heavy atom. The van der Waals surface area contributed by atoms with Crippen molar-refractivity contribution < 1.29 is 4.43 Å². The van der Waals surface area contributed by atoms with E-state index in [9.17, 15) is 0 Å². The molecular weight excluding hydrogens is 423 g/mol. The third-order valence-electron chi connectivity index (χ3n) is 6.10. The van der Waals surface area contributed by atoms with Crippen molar-refractivity contribution in [2.24, 2.45) is 0 Å². The summed E-state index contributed by atoms with van der Waals surface area (Å²) in [4.78, 5) is 0. The molecule has 0 heterocycles. The van der Waals surface area contributed by atoms with E-state index in [0.717, 1.165) is 19.4 Å². The van der Waals surface area contributed by atoms with Crippen LogP contribution in [0.3, 0.4) is 0 Å². The second-order valence-electron chi connectivity index (χ2n) is 8.07. The van der Waals surface area contributed by atoms with Gasteiger partial charge in [0.15, 0.2) is 8.32 Å². The minimum Gasteiger partial charge on any atom is -0.415 e. The van der Waals surface area contributed by atoms with E-state index in [2.05, 4.69) is 102 Å². The summed E-state index contributed by atoms with van der Waals surface area (Å²) in [5, 5.41) is 0. The van der Waals surface area contributed by atoms with Crippen LogP contribution in [0.15, 0.2) is 24.3 Å². The van der Waals surface area contributed by atoms with Crippen LogP contribution in [-0.4, -0.2) is 14.9 Å². The molecule has 0 aliphatic rings. The molecule has 0 aliphatic carbocycles. The average molecular weight is 461 g/mol. The lowest BCUT2D eigenvalue weighted by Crippen LogP contribution is -2.50. The predicted molar refractivity (Wildman–Crippen MR) is 118 cm³/mol. The summed E-state index contributed by atoms with van der Waals surface area (Å²) in [6, 6.07) is 8.85. The summed E-state index contributed by atoms with van der Waals surface area (Å²) in [7, 11) is -1.82. The van der Waals surface area contributed by atoms with Crippen LogP contribution in [0.4, 0.5) is 0 Å². The lowest BCUT2D eigenvalue weighted by molar-refractivity contribution is 0.180. The lowest BCUT2D eigenvalue weighted by atomic mass is 9.77. The summed E-state index contributed by atoms with van der Waals surface area (Å²) < 4.78 is 8.38. The van der Waals surface area contributed by atoms with E-state index in [-0.39, 0.29) is 5.41 Å². The summed E-state index contributed by atoms with van der Waals surface area (Å²) >= 11 is 2.49. The molecule has 0 fully saturated rings. The van der Waals surface area contributed by atoms with Crippen molar-refractivity contribution in [1.29, 1.82) is 0 Å². The van der Waals surface area contributed by atoms with Gasteiger partial charge in [-0.05, 0) is 63.7 Å². The molecule has 3 heteroatoms. The molecule has 138 valence electrons. The molecule has 0 unspecified atom stereocenters. The van der Waals surface area contributed by atoms with Crippen LogP contribution in [0.1, 0.15) is 73.8 Å². The maximum Gasteiger partial charge on any atom is 0.200 e. The molecule has 0 saturated heterocycles. The van der Waals surface area contributed by atoms with Crippen LogP contribution in [0.2, 0.25) is 16.6 Å². The van der Waals surface area contributed by atoms with E-state index in [1.54, 1.807) is 0 Å². The van der Waals surface area contributed by atoms with Crippen LogP contribution < -0.4 is 0 Å². The molecule has 1 aromatic carbocycles. The molecule has 1 rings (SSSR count). The van der Waals surface area contributed by atoms with E-state index in [0.29, 0.717) is 16.6 Å². The van der Waals surface area contributed by atoms with Gasteiger partial charge in [-0.3, -0.25) is 0 Å². The molecule has 0 aromatic heterocycles. The van der Waals surface area contributed by atoms with Crippen LogP contribution >= 0.6 is 22.6 Å². The Bertz CT molecular complexity index is 485. The van der Waals surface area contributed by atoms with Crippen molar-refractivity contribution >= 4 is 30.9 Å². The molecule has 1 aromatic rings. The molecule has 1 nitrogen and oxygen atoms in total. The summed E-state index contributed by atoms with van der Waals surface area (Å²) in [6.45, 7) is 19.7. The zero-order valence-corrected chi connectivity index (χ0v) is 20.1. The summed E-state index contributed by atoms with van der Waals surface area (Å²) in [5.41, 5.74) is 3.51. The van der Waals surface area contributed by atoms with Gasteiger partial charge in [0.1, 0.15) is 0 Å². The average Bonchev–Trinajstić information content (AvgIpc) is 2.52. The van der Waals surface area contributed by atoms with E-state index >= 15 is 0 Å². The van der Waals surface area contributed by atoms with Crippen molar-refractivity contribution in [2.75, 3.05) is 6.61 Å². The molecule has 0 spiro atoms. The highest BCUT2D eigenvalue weighted by atomic mass is 127. The largest absolute Gasteiger partial charge is 0.415 e. The van der Waals surface area contributed by atoms with Gasteiger partial charge in [0.2, 0.25) is 0 Å². The maximum absolute atomic E-state index is 7.01. The molecule has 0 atom stereocenters. The molecule has 0 aliphatic heterocycles. The minimum atomic E-state index is -1.82. The van der Waals surface area contributed by atoms with Gasteiger partial charge in [0.05, 0.1) is 0 Å². The summed E-state index contributed by atoms with van der Waals surface area (Å²) in [5.74, 6) is 0. The highest BCUT2D eigenvalue weighted by Gasteiger charge is 2.46. The fourth-order valence-electron chi connectivity index (χ4n) is 4.57. The zero-order chi connectivity index (χ0) is 18.5. The molecule has 0 saturated carbocycles. The number of halogens is 1. The number of hydrogen-bond acceptors (Lipinski definition) is 1. The van der Waals surface area contributed by atoms with Gasteiger partial charge in [-0.2, -0.15) is 0 Å². The van der Waals surface area contributed by atoms with Gasteiger partial charge >= 0.3 is 0 Å². The van der Waals surface area contributed by atoms with Gasteiger partial charge in [-0.1, -0.05) is 73.6 Å². The van der Waals surface area contributed by atoms with Gasteiger partial charge in [-0.15, -0.1) is 0 Å². The Morgan fingerprint density at radius 3 is 1.75 bits per heavy atom. The van der Waals surface area contributed by atoms with Gasteiger partial charge in [0.25, 0.3) is 0 Å². The van der Waals surface area contributed by atoms with Crippen molar-refractivity contribution in [3.8, 4) is 0 Å². The standard InChI is InChI=1S/C21H37IOSi/c1-9-21(10-2,19-13-11-12-14-20(19)22)15-23-24(16(3)4,17(5)6)18(7)8/h11-14,16-18H,9-10,15H2,1-8H3. The quantitative estimate of drug-likeness (QED) is 0.273. The first kappa shape index (κ1) is 22.2. The van der Waals surface area contributed by atoms with Crippen LogP contribution in [0.25, 0.3) is 0 Å². The number of hydrogen-bond donors (Lipinski definition) is 0. The fourth-order valence-corrected chi connectivity index (χ4v) is 11.1. The second kappa shape index (κ2) is 9.18. The van der Waals surface area contributed by atoms with Crippen molar-refractivity contribution in [1.82, 2.24) is 0 Å². The molecular formula is C21H37IOSi. The SMILES string of the molecule is CCC(CC)(CO[Si](C(C)C)(C(C)C)C(C)C)c1ccccc1I. The Labute approximate surface area is 165 Å². The first-order chi connectivity index (χ1) is 11.2. The number of benzene rings is 1. The van der Waals surface area contributed by atoms with Crippen LogP contribution in [-0.2, 0) is 9.84 Å². The van der Waals surface area contributed by atoms with Crippen molar-refractivity contribution in [2.45, 2.75) is 90.3 Å². The van der Waals surface area contributed by atoms with Crippen molar-refractivity contribution in [3.63, 3.8) is 0 Å². The predicted octanol–water partition coefficient (Wildman–Crippen LogP) is 7.54. The topological polar surface area (TPSA) is 9.23 Å². The molecule has 0 N–H and O–H groups in total. The zero-order valence-electron chi connectivity index (χ0n) is 16.9. The van der Waals surface area contributed by atoms with Crippen LogP contribution in [0, 0.1) is 3.57 Å². The Morgan fingerprint density at radius 2 is 1.38 bits per heavy atom. The Kier molecular flexibility index (Phi) is 8.48. The first-order valence-corrected chi connectivity index (χ1v) is 12.8. The van der Waals surface area contributed by atoms with Gasteiger partial charge in [-0.25, -0.2) is 0 Å². The van der Waals surface area contributed by atoms with E-state index in [1.165, 1.54) is 9.13 Å². The van der Waals surface area contributed by atoms with E-state index in [1.807, 2.05) is 0 Å². The highest BCUT2D eigenvalue weighted by molar-refractivity contribution is 14.1. The normalized spacial score (nSPS) is 13.3. The first-order valence-electron chi connectivity index (χ1n) is 9.56. The number of rotatable bonds is 9. The van der Waals surface area contributed by atoms with E-state index in [4.69, 9.17) is 4.43 Å². The third kappa shape index (κ3) is 4.26. The van der Waals surface area contributed by atoms with Gasteiger partial charge < -0.3 is 4.43 Å². The van der Waals surface area contributed by atoms with E-state index < -0.39 is 8.32 Å². The molecule has 0 bridgehead atoms. The fraction of sp³-hybridized carbons (Fsp3) is 0.714. The molecule has 24 heavy (non-hydrogen) atoms. The lowest BCUT2D eigenvalue weighted by Gasteiger charge is -2.45.